The second-order valence-electron chi connectivity index (χ2n) is 6.18. The third-order valence-corrected chi connectivity index (χ3v) is 5.78. The lowest BCUT2D eigenvalue weighted by atomic mass is 9.95. The number of hydrogen-bond acceptors (Lipinski definition) is 7. The number of hydrogen-bond donors (Lipinski definition) is 1. The molecule has 2 aromatic rings. The highest BCUT2D eigenvalue weighted by Crippen LogP contribution is 2.41. The molecule has 3 rings (SSSR count). The van der Waals surface area contributed by atoms with Gasteiger partial charge in [-0.1, -0.05) is 34.6 Å². The van der Waals surface area contributed by atoms with Crippen molar-refractivity contribution >= 4 is 39.6 Å². The minimum Gasteiger partial charge on any atom is -0.494 e. The Hall–Kier alpha value is -2.00. The van der Waals surface area contributed by atoms with Crippen LogP contribution < -0.4 is 10.1 Å². The molecule has 0 spiro atoms. The Morgan fingerprint density at radius 1 is 1.39 bits per heavy atom. The molecule has 0 fully saturated rings. The van der Waals surface area contributed by atoms with Crippen LogP contribution in [0.4, 0.5) is 5.95 Å². The number of esters is 1. The lowest BCUT2D eigenvalue weighted by Crippen LogP contribution is -2.29. The van der Waals surface area contributed by atoms with Gasteiger partial charge in [0.05, 0.1) is 19.3 Å². The highest BCUT2D eigenvalue weighted by molar-refractivity contribution is 9.10. The van der Waals surface area contributed by atoms with Gasteiger partial charge in [0.15, 0.2) is 0 Å². The van der Waals surface area contributed by atoms with Crippen LogP contribution >= 0.6 is 27.7 Å². The van der Waals surface area contributed by atoms with E-state index in [-0.39, 0.29) is 0 Å². The van der Waals surface area contributed by atoms with Gasteiger partial charge in [0.25, 0.3) is 0 Å². The SMILES string of the molecule is CCCSc1nc2n(n1)C(c1cc(Br)ccc1OCC)C(C(=O)OC)=C(C)N2. The molecule has 1 N–H and O–H groups in total. The highest BCUT2D eigenvalue weighted by atomic mass is 79.9. The van der Waals surface area contributed by atoms with Crippen LogP contribution in [0.15, 0.2) is 39.1 Å². The van der Waals surface area contributed by atoms with Gasteiger partial charge in [0.1, 0.15) is 11.8 Å². The van der Waals surface area contributed by atoms with Crippen molar-refractivity contribution in [2.45, 2.75) is 38.4 Å². The maximum atomic E-state index is 12.7. The summed E-state index contributed by atoms with van der Waals surface area (Å²) in [4.78, 5) is 17.3. The molecule has 1 aliphatic rings. The van der Waals surface area contributed by atoms with Crippen molar-refractivity contribution in [1.82, 2.24) is 14.8 Å². The number of carbonyl (C=O) groups is 1. The van der Waals surface area contributed by atoms with Crippen LogP contribution in [0.2, 0.25) is 0 Å². The van der Waals surface area contributed by atoms with Gasteiger partial charge >= 0.3 is 5.97 Å². The fourth-order valence-corrected chi connectivity index (χ4v) is 4.13. The summed E-state index contributed by atoms with van der Waals surface area (Å²) in [5, 5.41) is 8.53. The number of benzene rings is 1. The van der Waals surface area contributed by atoms with Gasteiger partial charge in [-0.15, -0.1) is 5.10 Å². The summed E-state index contributed by atoms with van der Waals surface area (Å²) in [5.41, 5.74) is 1.98. The highest BCUT2D eigenvalue weighted by Gasteiger charge is 2.36. The van der Waals surface area contributed by atoms with Gasteiger partial charge in [-0.05, 0) is 38.5 Å². The number of rotatable bonds is 7. The Labute approximate surface area is 177 Å². The molecule has 0 aliphatic carbocycles. The molecule has 1 unspecified atom stereocenters. The molecule has 28 heavy (non-hydrogen) atoms. The number of halogens is 1. The van der Waals surface area contributed by atoms with Crippen molar-refractivity contribution in [2.75, 3.05) is 24.8 Å². The van der Waals surface area contributed by atoms with Crippen molar-refractivity contribution in [2.24, 2.45) is 0 Å². The number of anilines is 1. The predicted molar refractivity (Wildman–Crippen MR) is 113 cm³/mol. The molecule has 0 saturated carbocycles. The van der Waals surface area contributed by atoms with Crippen LogP contribution in [0.1, 0.15) is 38.8 Å². The van der Waals surface area contributed by atoms with Gasteiger partial charge in [-0.2, -0.15) is 4.98 Å². The van der Waals surface area contributed by atoms with E-state index >= 15 is 0 Å². The number of ether oxygens (including phenoxy) is 2. The summed E-state index contributed by atoms with van der Waals surface area (Å²) in [5.74, 6) is 1.79. The summed E-state index contributed by atoms with van der Waals surface area (Å²) in [7, 11) is 1.38. The van der Waals surface area contributed by atoms with E-state index in [2.05, 4.69) is 38.3 Å². The molecule has 1 aliphatic heterocycles. The standard InChI is InChI=1S/C19H23BrN4O3S/c1-5-9-28-19-22-18-21-11(3)15(17(25)26-4)16(24(18)23-19)13-10-12(20)7-8-14(13)27-6-2/h7-8,10,16H,5-6,9H2,1-4H3,(H,21,22,23). The van der Waals surface area contributed by atoms with Crippen molar-refractivity contribution in [3.63, 3.8) is 0 Å². The van der Waals surface area contributed by atoms with E-state index in [4.69, 9.17) is 9.47 Å². The van der Waals surface area contributed by atoms with Crippen molar-refractivity contribution in [3.05, 3.63) is 39.5 Å². The van der Waals surface area contributed by atoms with Crippen LogP contribution in [0, 0.1) is 0 Å². The van der Waals surface area contributed by atoms with E-state index in [9.17, 15) is 4.79 Å². The van der Waals surface area contributed by atoms with Gasteiger partial charge < -0.3 is 14.8 Å². The van der Waals surface area contributed by atoms with Crippen molar-refractivity contribution in [1.29, 1.82) is 0 Å². The minimum atomic E-state index is -0.508. The smallest absolute Gasteiger partial charge is 0.338 e. The Balaban J connectivity index is 2.19. The summed E-state index contributed by atoms with van der Waals surface area (Å²) < 4.78 is 13.5. The van der Waals surface area contributed by atoms with E-state index in [1.165, 1.54) is 7.11 Å². The number of aromatic nitrogens is 3. The second-order valence-corrected chi connectivity index (χ2v) is 8.16. The third-order valence-electron chi connectivity index (χ3n) is 4.24. The number of allylic oxidation sites excluding steroid dienone is 1. The molecule has 1 atom stereocenters. The summed E-state index contributed by atoms with van der Waals surface area (Å²) in [6.07, 6.45) is 1.02. The Morgan fingerprint density at radius 2 is 2.18 bits per heavy atom. The monoisotopic (exact) mass is 466 g/mol. The number of thioether (sulfide) groups is 1. The van der Waals surface area contributed by atoms with E-state index in [0.29, 0.717) is 34.7 Å². The summed E-state index contributed by atoms with van der Waals surface area (Å²) >= 11 is 5.12. The predicted octanol–water partition coefficient (Wildman–Crippen LogP) is 4.40. The topological polar surface area (TPSA) is 78.3 Å². The van der Waals surface area contributed by atoms with Crippen LogP contribution in [0.3, 0.4) is 0 Å². The molecule has 0 amide bonds. The number of carbonyl (C=O) groups excluding carboxylic acids is 1. The van der Waals surface area contributed by atoms with Gasteiger partial charge in [0.2, 0.25) is 11.1 Å². The molecule has 1 aromatic heterocycles. The molecule has 0 saturated heterocycles. The average molecular weight is 467 g/mol. The Morgan fingerprint density at radius 3 is 2.86 bits per heavy atom. The molecule has 2 heterocycles. The summed E-state index contributed by atoms with van der Waals surface area (Å²) in [6, 6.07) is 5.24. The zero-order valence-corrected chi connectivity index (χ0v) is 18.7. The van der Waals surface area contributed by atoms with Gasteiger partial charge in [-0.3, -0.25) is 0 Å². The first-order valence-electron chi connectivity index (χ1n) is 9.07. The number of fused-ring (bicyclic) bond motifs is 1. The first-order valence-corrected chi connectivity index (χ1v) is 10.9. The first kappa shape index (κ1) is 20.7. The third kappa shape index (κ3) is 4.05. The van der Waals surface area contributed by atoms with E-state index in [1.807, 2.05) is 32.0 Å². The van der Waals surface area contributed by atoms with E-state index in [1.54, 1.807) is 16.4 Å². The zero-order valence-electron chi connectivity index (χ0n) is 16.3. The molecule has 9 heteroatoms. The number of methoxy groups -OCH3 is 1. The summed E-state index contributed by atoms with van der Waals surface area (Å²) in [6.45, 7) is 6.39. The van der Waals surface area contributed by atoms with Crippen LogP contribution in [0.25, 0.3) is 0 Å². The fourth-order valence-electron chi connectivity index (χ4n) is 3.07. The van der Waals surface area contributed by atoms with Crippen LogP contribution in [-0.2, 0) is 9.53 Å². The fraction of sp³-hybridized carbons (Fsp3) is 0.421. The molecular weight excluding hydrogens is 444 g/mol. The molecular formula is C19H23BrN4O3S. The molecule has 150 valence electrons. The Kier molecular flexibility index (Phi) is 6.66. The average Bonchev–Trinajstić information content (AvgIpc) is 3.08. The first-order chi connectivity index (χ1) is 13.5. The van der Waals surface area contributed by atoms with E-state index < -0.39 is 12.0 Å². The second kappa shape index (κ2) is 9.00. The van der Waals surface area contributed by atoms with Crippen molar-refractivity contribution in [3.8, 4) is 5.75 Å². The quantitative estimate of drug-likeness (QED) is 0.478. The zero-order chi connectivity index (χ0) is 20.3. The minimum absolute atomic E-state index is 0.415. The van der Waals surface area contributed by atoms with Crippen molar-refractivity contribution < 1.29 is 14.3 Å². The van der Waals surface area contributed by atoms with Crippen LogP contribution in [0.5, 0.6) is 5.75 Å². The van der Waals surface area contributed by atoms with Crippen LogP contribution in [-0.4, -0.2) is 40.2 Å². The molecule has 1 aromatic carbocycles. The maximum Gasteiger partial charge on any atom is 0.338 e. The lowest BCUT2D eigenvalue weighted by molar-refractivity contribution is -0.136. The van der Waals surface area contributed by atoms with Gasteiger partial charge in [0, 0.05) is 21.5 Å². The number of nitrogens with zero attached hydrogens (tertiary/aromatic N) is 3. The lowest BCUT2D eigenvalue weighted by Gasteiger charge is -2.29. The largest absolute Gasteiger partial charge is 0.494 e. The van der Waals surface area contributed by atoms with Gasteiger partial charge in [-0.25, -0.2) is 9.48 Å². The molecule has 0 bridgehead atoms. The molecule has 7 nitrogen and oxygen atoms in total. The number of nitrogens with one attached hydrogen (secondary N) is 1. The maximum absolute atomic E-state index is 12.7. The normalized spacial score (nSPS) is 15.8. The Bertz CT molecular complexity index is 913. The molecule has 0 radical (unpaired) electrons. The van der Waals surface area contributed by atoms with E-state index in [0.717, 1.165) is 22.2 Å².